The average molecular weight is 357 g/mol. The smallest absolute Gasteiger partial charge is 0.256 e. The summed E-state index contributed by atoms with van der Waals surface area (Å²) in [6.45, 7) is 1.97. The Kier molecular flexibility index (Phi) is 3.81. The van der Waals surface area contributed by atoms with Crippen molar-refractivity contribution >= 4 is 38.4 Å². The molecule has 3 aromatic rings. The summed E-state index contributed by atoms with van der Waals surface area (Å²) in [7, 11) is 0. The minimum absolute atomic E-state index is 0.299. The Balaban J connectivity index is 2.04. The summed E-state index contributed by atoms with van der Waals surface area (Å²) in [6, 6.07) is 14.2. The van der Waals surface area contributed by atoms with Gasteiger partial charge in [0.15, 0.2) is 0 Å². The predicted molar refractivity (Wildman–Crippen MR) is 91.4 cm³/mol. The summed E-state index contributed by atoms with van der Waals surface area (Å²) in [5.74, 6) is -0.313. The van der Waals surface area contributed by atoms with E-state index >= 15 is 0 Å². The lowest BCUT2D eigenvalue weighted by Gasteiger charge is -2.10. The lowest BCUT2D eigenvalue weighted by Crippen LogP contribution is -2.17. The molecule has 0 bridgehead atoms. The highest BCUT2D eigenvalue weighted by molar-refractivity contribution is 9.10. The number of anilines is 1. The van der Waals surface area contributed by atoms with E-state index in [2.05, 4.69) is 26.2 Å². The van der Waals surface area contributed by atoms with E-state index in [4.69, 9.17) is 0 Å². The Hall–Kier alpha value is -2.40. The summed E-state index contributed by atoms with van der Waals surface area (Å²) in [5, 5.41) is 3.55. The first kappa shape index (κ1) is 14.5. The first-order valence-corrected chi connectivity index (χ1v) is 7.53. The second-order valence-electron chi connectivity index (χ2n) is 5.03. The number of carbonyl (C=O) groups is 1. The van der Waals surface area contributed by atoms with Crippen LogP contribution in [-0.2, 0) is 0 Å². The fourth-order valence-electron chi connectivity index (χ4n) is 2.30. The SMILES string of the molecule is Cc1ccc(NC(=O)c2cc(=O)[nH]c3ccccc23)c(Br)c1. The van der Waals surface area contributed by atoms with Crippen LogP contribution in [0.4, 0.5) is 5.69 Å². The number of amides is 1. The largest absolute Gasteiger partial charge is 0.322 e. The number of nitrogens with one attached hydrogen (secondary N) is 2. The molecule has 0 saturated carbocycles. The van der Waals surface area contributed by atoms with E-state index in [0.717, 1.165) is 10.0 Å². The highest BCUT2D eigenvalue weighted by atomic mass is 79.9. The lowest BCUT2D eigenvalue weighted by atomic mass is 10.1. The third kappa shape index (κ3) is 2.80. The van der Waals surface area contributed by atoms with Crippen LogP contribution >= 0.6 is 15.9 Å². The Morgan fingerprint density at radius 3 is 2.68 bits per heavy atom. The van der Waals surface area contributed by atoms with Gasteiger partial charge < -0.3 is 10.3 Å². The molecule has 0 unspecified atom stereocenters. The van der Waals surface area contributed by atoms with Gasteiger partial charge in [0.2, 0.25) is 5.56 Å². The summed E-state index contributed by atoms with van der Waals surface area (Å²) in [5.41, 5.74) is 2.45. The third-order valence-corrected chi connectivity index (χ3v) is 4.02. The van der Waals surface area contributed by atoms with Crippen LogP contribution in [0.2, 0.25) is 0 Å². The molecule has 3 rings (SSSR count). The van der Waals surface area contributed by atoms with Gasteiger partial charge in [-0.25, -0.2) is 0 Å². The first-order chi connectivity index (χ1) is 10.5. The van der Waals surface area contributed by atoms with E-state index in [1.807, 2.05) is 43.3 Å². The van der Waals surface area contributed by atoms with E-state index in [1.54, 1.807) is 6.07 Å². The van der Waals surface area contributed by atoms with Crippen LogP contribution < -0.4 is 10.9 Å². The molecule has 1 amide bonds. The number of halogens is 1. The van der Waals surface area contributed by atoms with E-state index in [1.165, 1.54) is 6.07 Å². The van der Waals surface area contributed by atoms with Crippen LogP contribution in [0.5, 0.6) is 0 Å². The van der Waals surface area contributed by atoms with Crippen LogP contribution in [0, 0.1) is 6.92 Å². The fraction of sp³-hybridized carbons (Fsp3) is 0.0588. The molecule has 110 valence electrons. The maximum atomic E-state index is 12.5. The number of rotatable bonds is 2. The molecule has 0 aliphatic heterocycles. The van der Waals surface area contributed by atoms with E-state index < -0.39 is 0 Å². The molecule has 0 aliphatic carbocycles. The van der Waals surface area contributed by atoms with Gasteiger partial charge in [0.1, 0.15) is 0 Å². The maximum absolute atomic E-state index is 12.5. The average Bonchev–Trinajstić information content (AvgIpc) is 2.49. The molecular formula is C17H13BrN2O2. The third-order valence-electron chi connectivity index (χ3n) is 3.37. The van der Waals surface area contributed by atoms with Gasteiger partial charge in [0, 0.05) is 21.4 Å². The van der Waals surface area contributed by atoms with Gasteiger partial charge in [-0.2, -0.15) is 0 Å². The zero-order valence-corrected chi connectivity index (χ0v) is 13.4. The van der Waals surface area contributed by atoms with Gasteiger partial charge in [-0.05, 0) is 46.6 Å². The second-order valence-corrected chi connectivity index (χ2v) is 5.88. The molecule has 22 heavy (non-hydrogen) atoms. The minimum Gasteiger partial charge on any atom is -0.322 e. The number of carbonyl (C=O) groups excluding carboxylic acids is 1. The van der Waals surface area contributed by atoms with Crippen molar-refractivity contribution in [3.8, 4) is 0 Å². The van der Waals surface area contributed by atoms with Crippen molar-refractivity contribution in [2.24, 2.45) is 0 Å². The van der Waals surface area contributed by atoms with Gasteiger partial charge in [-0.3, -0.25) is 9.59 Å². The quantitative estimate of drug-likeness (QED) is 0.732. The standard InChI is InChI=1S/C17H13BrN2O2/c1-10-6-7-15(13(18)8-10)20-17(22)12-9-16(21)19-14-5-3-2-4-11(12)14/h2-9H,1H3,(H,19,21)(H,20,22). The molecule has 0 fully saturated rings. The molecule has 2 N–H and O–H groups in total. The summed E-state index contributed by atoms with van der Waals surface area (Å²) >= 11 is 3.43. The molecule has 0 saturated heterocycles. The van der Waals surface area contributed by atoms with Gasteiger partial charge >= 0.3 is 0 Å². The number of aromatic amines is 1. The van der Waals surface area contributed by atoms with Crippen molar-refractivity contribution in [1.29, 1.82) is 0 Å². The Morgan fingerprint density at radius 1 is 1.14 bits per heavy atom. The second kappa shape index (κ2) is 5.77. The first-order valence-electron chi connectivity index (χ1n) is 6.74. The molecule has 0 radical (unpaired) electrons. The van der Waals surface area contributed by atoms with Gasteiger partial charge in [-0.1, -0.05) is 24.3 Å². The molecular weight excluding hydrogens is 344 g/mol. The number of fused-ring (bicyclic) bond motifs is 1. The molecule has 0 spiro atoms. The van der Waals surface area contributed by atoms with Crippen molar-refractivity contribution in [1.82, 2.24) is 4.98 Å². The molecule has 0 atom stereocenters. The molecule has 1 aromatic heterocycles. The number of H-pyrrole nitrogens is 1. The topological polar surface area (TPSA) is 62.0 Å². The molecule has 2 aromatic carbocycles. The van der Waals surface area contributed by atoms with Crippen molar-refractivity contribution in [2.75, 3.05) is 5.32 Å². The molecule has 5 heteroatoms. The van der Waals surface area contributed by atoms with Crippen molar-refractivity contribution < 1.29 is 4.79 Å². The van der Waals surface area contributed by atoms with Crippen LogP contribution in [-0.4, -0.2) is 10.9 Å². The molecule has 4 nitrogen and oxygen atoms in total. The summed E-state index contributed by atoms with van der Waals surface area (Å²) in [6.07, 6.45) is 0. The number of para-hydroxylation sites is 1. The Morgan fingerprint density at radius 2 is 1.91 bits per heavy atom. The zero-order chi connectivity index (χ0) is 15.7. The molecule has 1 heterocycles. The van der Waals surface area contributed by atoms with Crippen LogP contribution in [0.1, 0.15) is 15.9 Å². The van der Waals surface area contributed by atoms with Crippen molar-refractivity contribution in [3.05, 3.63) is 74.5 Å². The minimum atomic E-state index is -0.313. The zero-order valence-electron chi connectivity index (χ0n) is 11.8. The fourth-order valence-corrected chi connectivity index (χ4v) is 2.90. The van der Waals surface area contributed by atoms with Crippen molar-refractivity contribution in [3.63, 3.8) is 0 Å². The Labute approximate surface area is 135 Å². The number of aryl methyl sites for hydroxylation is 1. The normalized spacial score (nSPS) is 10.6. The maximum Gasteiger partial charge on any atom is 0.256 e. The van der Waals surface area contributed by atoms with Crippen LogP contribution in [0.15, 0.2) is 57.8 Å². The Bertz CT molecular complexity index is 931. The number of hydrogen-bond acceptors (Lipinski definition) is 2. The number of pyridine rings is 1. The lowest BCUT2D eigenvalue weighted by molar-refractivity contribution is 0.102. The van der Waals surface area contributed by atoms with Crippen LogP contribution in [0.3, 0.4) is 0 Å². The number of aromatic nitrogens is 1. The monoisotopic (exact) mass is 356 g/mol. The number of benzene rings is 2. The highest BCUT2D eigenvalue weighted by Gasteiger charge is 2.13. The number of hydrogen-bond donors (Lipinski definition) is 2. The van der Waals surface area contributed by atoms with E-state index in [9.17, 15) is 9.59 Å². The summed E-state index contributed by atoms with van der Waals surface area (Å²) < 4.78 is 0.801. The van der Waals surface area contributed by atoms with Gasteiger partial charge in [-0.15, -0.1) is 0 Å². The van der Waals surface area contributed by atoms with Gasteiger partial charge in [0.05, 0.1) is 11.3 Å². The van der Waals surface area contributed by atoms with E-state index in [-0.39, 0.29) is 11.5 Å². The van der Waals surface area contributed by atoms with Crippen LogP contribution in [0.25, 0.3) is 10.9 Å². The molecule has 0 aliphatic rings. The van der Waals surface area contributed by atoms with Gasteiger partial charge in [0.25, 0.3) is 5.91 Å². The predicted octanol–water partition coefficient (Wildman–Crippen LogP) is 3.85. The highest BCUT2D eigenvalue weighted by Crippen LogP contribution is 2.24. The summed E-state index contributed by atoms with van der Waals surface area (Å²) in [4.78, 5) is 27.0. The van der Waals surface area contributed by atoms with E-state index in [0.29, 0.717) is 22.2 Å². The van der Waals surface area contributed by atoms with Crippen molar-refractivity contribution in [2.45, 2.75) is 6.92 Å².